The molecule has 2 aromatic carbocycles. The van der Waals surface area contributed by atoms with Crippen LogP contribution in [0, 0.1) is 0 Å². The van der Waals surface area contributed by atoms with Crippen molar-refractivity contribution in [1.82, 2.24) is 10.2 Å². The van der Waals surface area contributed by atoms with E-state index in [9.17, 15) is 9.59 Å². The van der Waals surface area contributed by atoms with E-state index in [0.717, 1.165) is 74.7 Å². The van der Waals surface area contributed by atoms with E-state index in [-0.39, 0.29) is 19.8 Å². The highest BCUT2D eigenvalue weighted by Gasteiger charge is 2.19. The van der Waals surface area contributed by atoms with E-state index in [1.807, 2.05) is 48.3 Å². The smallest absolute Gasteiger partial charge is 0.327 e. The van der Waals surface area contributed by atoms with Crippen LogP contribution in [0.25, 0.3) is 0 Å². The van der Waals surface area contributed by atoms with Gasteiger partial charge in [-0.25, -0.2) is 0 Å². The number of carbonyl (C=O) groups excluding carboxylic acids is 2. The van der Waals surface area contributed by atoms with E-state index >= 15 is 0 Å². The lowest BCUT2D eigenvalue weighted by atomic mass is 10.1. The molecule has 9 nitrogen and oxygen atoms in total. The Labute approximate surface area is 241 Å². The Hall–Kier alpha value is -2.72. The Morgan fingerprint density at radius 1 is 1.10 bits per heavy atom. The quantitative estimate of drug-likeness (QED) is 0.199. The van der Waals surface area contributed by atoms with Gasteiger partial charge in [0.25, 0.3) is 0 Å². The van der Waals surface area contributed by atoms with Crippen molar-refractivity contribution in [3.63, 3.8) is 0 Å². The lowest BCUT2D eigenvalue weighted by Gasteiger charge is -2.36. The molecule has 3 N–H and O–H groups in total. The molecule has 0 unspecified atom stereocenters. The third-order valence-corrected chi connectivity index (χ3v) is 7.47. The van der Waals surface area contributed by atoms with E-state index < -0.39 is 11.9 Å². The number of aryl methyl sites for hydroxylation is 1. The second-order valence-electron chi connectivity index (χ2n) is 9.43. The zero-order chi connectivity index (χ0) is 28.2. The van der Waals surface area contributed by atoms with Crippen molar-refractivity contribution in [2.45, 2.75) is 26.2 Å². The van der Waals surface area contributed by atoms with E-state index in [1.165, 1.54) is 0 Å². The number of halogens is 2. The molecule has 1 fully saturated rings. The third kappa shape index (κ3) is 9.46. The number of ether oxygens (including phenoxy) is 2. The molecule has 1 saturated heterocycles. The highest BCUT2D eigenvalue weighted by atomic mass is 35.5. The average Bonchev–Trinajstić information content (AvgIpc) is 2.96. The lowest BCUT2D eigenvalue weighted by Crippen LogP contribution is -2.46. The molecule has 1 aliphatic heterocycles. The van der Waals surface area contributed by atoms with E-state index in [1.54, 1.807) is 0 Å². The number of rotatable bonds is 14. The molecule has 0 aliphatic carbocycles. The first-order valence-corrected chi connectivity index (χ1v) is 14.1. The van der Waals surface area contributed by atoms with Crippen LogP contribution in [-0.4, -0.2) is 83.0 Å². The summed E-state index contributed by atoms with van der Waals surface area (Å²) in [5.41, 5.74) is 8.29. The molecule has 3 rings (SSSR count). The Kier molecular flexibility index (Phi) is 12.5. The SMILES string of the molecule is CCc1ccc(OCCCCN2CCN(c3cccc(Cl)c3Cl)CC2)cc1N(C)COC(=O)CNC(=O)CN. The molecule has 0 saturated carbocycles. The van der Waals surface area contributed by atoms with Crippen LogP contribution < -0.4 is 25.6 Å². The van der Waals surface area contributed by atoms with Gasteiger partial charge in [-0.05, 0) is 49.6 Å². The summed E-state index contributed by atoms with van der Waals surface area (Å²) in [5.74, 6) is -0.147. The molecule has 0 atom stereocenters. The highest BCUT2D eigenvalue weighted by molar-refractivity contribution is 6.43. The van der Waals surface area contributed by atoms with Crippen LogP contribution in [0.5, 0.6) is 5.75 Å². The van der Waals surface area contributed by atoms with Gasteiger partial charge in [-0.2, -0.15) is 0 Å². The molecular weight excluding hydrogens is 541 g/mol. The highest BCUT2D eigenvalue weighted by Crippen LogP contribution is 2.33. The molecule has 2 aromatic rings. The van der Waals surface area contributed by atoms with Crippen LogP contribution in [-0.2, 0) is 20.7 Å². The topological polar surface area (TPSA) is 100 Å². The van der Waals surface area contributed by atoms with Crippen molar-refractivity contribution in [3.05, 3.63) is 52.0 Å². The average molecular weight is 581 g/mol. The summed E-state index contributed by atoms with van der Waals surface area (Å²) in [7, 11) is 1.85. The van der Waals surface area contributed by atoms with E-state index in [4.69, 9.17) is 38.4 Å². The minimum absolute atomic E-state index is 0.0601. The number of piperazine rings is 1. The first-order valence-electron chi connectivity index (χ1n) is 13.3. The Bertz CT molecular complexity index is 1100. The van der Waals surface area contributed by atoms with Gasteiger partial charge in [-0.15, -0.1) is 0 Å². The first-order chi connectivity index (χ1) is 18.8. The number of amides is 1. The van der Waals surface area contributed by atoms with Crippen molar-refractivity contribution in [3.8, 4) is 5.75 Å². The fourth-order valence-corrected chi connectivity index (χ4v) is 4.81. The predicted molar refractivity (Wildman–Crippen MR) is 157 cm³/mol. The van der Waals surface area contributed by atoms with Gasteiger partial charge in [0.15, 0.2) is 6.73 Å². The largest absolute Gasteiger partial charge is 0.494 e. The normalized spacial score (nSPS) is 13.7. The van der Waals surface area contributed by atoms with Crippen LogP contribution in [0.15, 0.2) is 36.4 Å². The molecule has 39 heavy (non-hydrogen) atoms. The maximum absolute atomic E-state index is 11.9. The fraction of sp³-hybridized carbons (Fsp3) is 0.500. The summed E-state index contributed by atoms with van der Waals surface area (Å²) in [6.07, 6.45) is 2.83. The Morgan fingerprint density at radius 3 is 2.59 bits per heavy atom. The summed E-state index contributed by atoms with van der Waals surface area (Å²) in [6, 6.07) is 11.8. The van der Waals surface area contributed by atoms with Gasteiger partial charge in [0.2, 0.25) is 5.91 Å². The van der Waals surface area contributed by atoms with Crippen LogP contribution >= 0.6 is 23.2 Å². The zero-order valence-electron chi connectivity index (χ0n) is 22.8. The van der Waals surface area contributed by atoms with E-state index in [2.05, 4.69) is 22.0 Å². The van der Waals surface area contributed by atoms with Gasteiger partial charge >= 0.3 is 5.97 Å². The number of carbonyl (C=O) groups is 2. The Morgan fingerprint density at radius 2 is 1.87 bits per heavy atom. The molecule has 0 bridgehead atoms. The van der Waals surface area contributed by atoms with Gasteiger partial charge in [0.05, 0.1) is 28.9 Å². The Balaban J connectivity index is 1.38. The number of unbranched alkanes of at least 4 members (excludes halogenated alkanes) is 1. The number of hydrogen-bond acceptors (Lipinski definition) is 8. The van der Waals surface area contributed by atoms with Crippen LogP contribution in [0.3, 0.4) is 0 Å². The van der Waals surface area contributed by atoms with Crippen LogP contribution in [0.4, 0.5) is 11.4 Å². The van der Waals surface area contributed by atoms with Gasteiger partial charge in [-0.3, -0.25) is 14.5 Å². The fourth-order valence-electron chi connectivity index (χ4n) is 4.40. The number of anilines is 2. The number of benzene rings is 2. The molecule has 1 heterocycles. The molecule has 1 aliphatic rings. The second-order valence-corrected chi connectivity index (χ2v) is 10.2. The van der Waals surface area contributed by atoms with Gasteiger partial charge in [-0.1, -0.05) is 42.3 Å². The predicted octanol–water partition coefficient (Wildman–Crippen LogP) is 3.55. The summed E-state index contributed by atoms with van der Waals surface area (Å²) in [6.45, 7) is 7.24. The van der Waals surface area contributed by atoms with Crippen LogP contribution in [0.1, 0.15) is 25.3 Å². The molecule has 1 amide bonds. The van der Waals surface area contributed by atoms with Gasteiger partial charge < -0.3 is 30.3 Å². The lowest BCUT2D eigenvalue weighted by molar-refractivity contribution is -0.143. The number of hydrogen-bond donors (Lipinski definition) is 2. The maximum Gasteiger partial charge on any atom is 0.327 e. The number of nitrogens with two attached hydrogens (primary N) is 1. The summed E-state index contributed by atoms with van der Waals surface area (Å²) in [5, 5.41) is 3.62. The summed E-state index contributed by atoms with van der Waals surface area (Å²) >= 11 is 12.6. The number of esters is 1. The van der Waals surface area contributed by atoms with E-state index in [0.29, 0.717) is 16.7 Å². The minimum atomic E-state index is -0.524. The molecule has 0 aromatic heterocycles. The molecule has 214 valence electrons. The van der Waals surface area contributed by atoms with Crippen molar-refractivity contribution >= 4 is 46.5 Å². The number of nitrogens with one attached hydrogen (secondary N) is 1. The minimum Gasteiger partial charge on any atom is -0.494 e. The van der Waals surface area contributed by atoms with Crippen molar-refractivity contribution < 1.29 is 19.1 Å². The number of nitrogens with zero attached hydrogens (tertiary/aromatic N) is 3. The van der Waals surface area contributed by atoms with Gasteiger partial charge in [0.1, 0.15) is 12.3 Å². The molecule has 0 spiro atoms. The monoisotopic (exact) mass is 579 g/mol. The zero-order valence-corrected chi connectivity index (χ0v) is 24.3. The molecule has 0 radical (unpaired) electrons. The standard InChI is InChI=1S/C28H39Cl2N5O4/c1-3-21-9-10-22(17-25(21)33(2)20-39-27(37)19-32-26(36)18-31)38-16-5-4-11-34-12-14-35(15-13-34)24-8-6-7-23(29)28(24)30/h6-10,17H,3-5,11-16,18-20,31H2,1-2H3,(H,32,36). The van der Waals surface area contributed by atoms with Crippen molar-refractivity contribution in [2.75, 3.05) is 76.0 Å². The summed E-state index contributed by atoms with van der Waals surface area (Å²) < 4.78 is 11.3. The maximum atomic E-state index is 11.9. The van der Waals surface area contributed by atoms with Crippen LogP contribution in [0.2, 0.25) is 10.0 Å². The summed E-state index contributed by atoms with van der Waals surface area (Å²) in [4.78, 5) is 29.7. The van der Waals surface area contributed by atoms with Crippen molar-refractivity contribution in [2.24, 2.45) is 5.73 Å². The van der Waals surface area contributed by atoms with Crippen molar-refractivity contribution in [1.29, 1.82) is 0 Å². The first kappa shape index (κ1) is 30.8. The second kappa shape index (κ2) is 15.8. The molecule has 11 heteroatoms. The molecular formula is C28H39Cl2N5O4. The van der Waals surface area contributed by atoms with Gasteiger partial charge in [0, 0.05) is 45.0 Å². The third-order valence-electron chi connectivity index (χ3n) is 6.66.